The Balaban J connectivity index is 1.65. The van der Waals surface area contributed by atoms with Gasteiger partial charge in [0.15, 0.2) is 0 Å². The average Bonchev–Trinajstić information content (AvgIpc) is 2.83. The molecule has 1 saturated carbocycles. The molecule has 1 N–H and O–H groups in total. The highest BCUT2D eigenvalue weighted by Crippen LogP contribution is 2.37. The van der Waals surface area contributed by atoms with Gasteiger partial charge in [0.05, 0.1) is 0 Å². The molecule has 4 nitrogen and oxygen atoms in total. The highest BCUT2D eigenvalue weighted by molar-refractivity contribution is 5.76. The van der Waals surface area contributed by atoms with E-state index in [-0.39, 0.29) is 12.3 Å². The lowest BCUT2D eigenvalue weighted by Gasteiger charge is -2.17. The molecule has 1 amide bonds. The van der Waals surface area contributed by atoms with E-state index in [2.05, 4.69) is 0 Å². The minimum atomic E-state index is -0.770. The van der Waals surface area contributed by atoms with E-state index in [1.54, 1.807) is 0 Å². The molecule has 0 aromatic heterocycles. The number of carbonyl (C=O) groups is 2. The van der Waals surface area contributed by atoms with Crippen LogP contribution in [0.1, 0.15) is 44.9 Å². The largest absolute Gasteiger partial charge is 0.481 e. The molecule has 2 rings (SSSR count). The predicted octanol–water partition coefficient (Wildman–Crippen LogP) is 1.89. The molecule has 96 valence electrons. The van der Waals surface area contributed by atoms with Crippen LogP contribution in [0.2, 0.25) is 0 Å². The maximum Gasteiger partial charge on any atom is 0.303 e. The van der Waals surface area contributed by atoms with Crippen molar-refractivity contribution in [1.82, 2.24) is 4.90 Å². The quantitative estimate of drug-likeness (QED) is 0.745. The summed E-state index contributed by atoms with van der Waals surface area (Å²) in [6.45, 7) is 1.89. The first-order valence-corrected chi connectivity index (χ1v) is 6.66. The number of hydrogen-bond donors (Lipinski definition) is 1. The first kappa shape index (κ1) is 12.4. The Bertz CT molecular complexity index is 291. The van der Waals surface area contributed by atoms with E-state index in [1.807, 2.05) is 4.90 Å². The molecular formula is C13H21NO3. The van der Waals surface area contributed by atoms with Gasteiger partial charge in [-0.1, -0.05) is 6.42 Å². The lowest BCUT2D eigenvalue weighted by Crippen LogP contribution is -2.29. The standard InChI is InChI=1S/C13H21NO3/c15-12(6-1-2-7-13(16)17)14-8-10-4-3-5-11(10)9-14/h10-11H,1-9H2,(H,16,17). The number of likely N-dealkylation sites (tertiary alicyclic amines) is 1. The van der Waals surface area contributed by atoms with E-state index in [9.17, 15) is 9.59 Å². The number of hydrogen-bond acceptors (Lipinski definition) is 2. The lowest BCUT2D eigenvalue weighted by molar-refractivity contribution is -0.137. The number of amides is 1. The van der Waals surface area contributed by atoms with Crippen molar-refractivity contribution in [2.45, 2.75) is 44.9 Å². The van der Waals surface area contributed by atoms with Gasteiger partial charge in [0.1, 0.15) is 0 Å². The van der Waals surface area contributed by atoms with Crippen LogP contribution in [0, 0.1) is 11.8 Å². The van der Waals surface area contributed by atoms with Gasteiger partial charge in [-0.05, 0) is 37.5 Å². The van der Waals surface area contributed by atoms with E-state index in [1.165, 1.54) is 19.3 Å². The monoisotopic (exact) mass is 239 g/mol. The Morgan fingerprint density at radius 2 is 1.65 bits per heavy atom. The predicted molar refractivity (Wildman–Crippen MR) is 63.5 cm³/mol. The number of carboxylic acid groups (broad SMARTS) is 1. The molecule has 0 spiro atoms. The lowest BCUT2D eigenvalue weighted by atomic mass is 10.0. The fourth-order valence-electron chi connectivity index (χ4n) is 3.15. The third kappa shape index (κ3) is 3.20. The molecule has 0 aromatic rings. The third-order valence-electron chi connectivity index (χ3n) is 4.11. The Morgan fingerprint density at radius 3 is 2.24 bits per heavy atom. The summed E-state index contributed by atoms with van der Waals surface area (Å²) in [6.07, 6.45) is 5.92. The van der Waals surface area contributed by atoms with Gasteiger partial charge in [-0.25, -0.2) is 0 Å². The van der Waals surface area contributed by atoms with Gasteiger partial charge in [0, 0.05) is 25.9 Å². The fraction of sp³-hybridized carbons (Fsp3) is 0.846. The zero-order valence-electron chi connectivity index (χ0n) is 10.2. The van der Waals surface area contributed by atoms with Crippen molar-refractivity contribution in [3.63, 3.8) is 0 Å². The van der Waals surface area contributed by atoms with Crippen molar-refractivity contribution in [1.29, 1.82) is 0 Å². The summed E-state index contributed by atoms with van der Waals surface area (Å²) in [5.41, 5.74) is 0. The maximum atomic E-state index is 11.9. The summed E-state index contributed by atoms with van der Waals surface area (Å²) >= 11 is 0. The van der Waals surface area contributed by atoms with Crippen molar-refractivity contribution in [2.75, 3.05) is 13.1 Å². The van der Waals surface area contributed by atoms with Crippen LogP contribution in [0.3, 0.4) is 0 Å². The van der Waals surface area contributed by atoms with Gasteiger partial charge < -0.3 is 10.0 Å². The van der Waals surface area contributed by atoms with E-state index < -0.39 is 5.97 Å². The average molecular weight is 239 g/mol. The Labute approximate surface area is 102 Å². The molecule has 0 aromatic carbocycles. The molecule has 2 aliphatic rings. The second kappa shape index (κ2) is 5.52. The SMILES string of the molecule is O=C(O)CCCCC(=O)N1CC2CCCC2C1. The number of carbonyl (C=O) groups excluding carboxylic acids is 1. The smallest absolute Gasteiger partial charge is 0.303 e. The van der Waals surface area contributed by atoms with E-state index in [0.717, 1.165) is 24.9 Å². The molecule has 0 radical (unpaired) electrons. The molecule has 4 heteroatoms. The summed E-state index contributed by atoms with van der Waals surface area (Å²) in [5.74, 6) is 0.953. The first-order chi connectivity index (χ1) is 8.16. The summed E-state index contributed by atoms with van der Waals surface area (Å²) in [5, 5.41) is 8.50. The van der Waals surface area contributed by atoms with Gasteiger partial charge in [0.2, 0.25) is 5.91 Å². The second-order valence-electron chi connectivity index (χ2n) is 5.35. The molecule has 2 atom stereocenters. The fourth-order valence-corrected chi connectivity index (χ4v) is 3.15. The van der Waals surface area contributed by atoms with Gasteiger partial charge in [-0.3, -0.25) is 9.59 Å². The zero-order valence-corrected chi connectivity index (χ0v) is 10.2. The van der Waals surface area contributed by atoms with Crippen molar-refractivity contribution in [3.8, 4) is 0 Å². The second-order valence-corrected chi connectivity index (χ2v) is 5.35. The molecule has 1 aliphatic heterocycles. The summed E-state index contributed by atoms with van der Waals surface area (Å²) in [4.78, 5) is 24.2. The minimum Gasteiger partial charge on any atom is -0.481 e. The highest BCUT2D eigenvalue weighted by Gasteiger charge is 2.37. The number of rotatable bonds is 5. The number of fused-ring (bicyclic) bond motifs is 1. The molecule has 2 unspecified atom stereocenters. The highest BCUT2D eigenvalue weighted by atomic mass is 16.4. The molecule has 1 aliphatic carbocycles. The summed E-state index contributed by atoms with van der Waals surface area (Å²) in [6, 6.07) is 0. The van der Waals surface area contributed by atoms with Gasteiger partial charge >= 0.3 is 5.97 Å². The Hall–Kier alpha value is -1.06. The van der Waals surface area contributed by atoms with Crippen molar-refractivity contribution in [2.24, 2.45) is 11.8 Å². The molecule has 1 heterocycles. The van der Waals surface area contributed by atoms with Crippen LogP contribution in [0.5, 0.6) is 0 Å². The first-order valence-electron chi connectivity index (χ1n) is 6.66. The Morgan fingerprint density at radius 1 is 1.06 bits per heavy atom. The van der Waals surface area contributed by atoms with E-state index >= 15 is 0 Å². The Kier molecular flexibility index (Phi) is 4.02. The van der Waals surface area contributed by atoms with Crippen molar-refractivity contribution in [3.05, 3.63) is 0 Å². The molecule has 17 heavy (non-hydrogen) atoms. The number of nitrogens with zero attached hydrogens (tertiary/aromatic N) is 1. The number of aliphatic carboxylic acids is 1. The van der Waals surface area contributed by atoms with Crippen LogP contribution < -0.4 is 0 Å². The molecule has 2 fully saturated rings. The van der Waals surface area contributed by atoms with Crippen LogP contribution in [0.25, 0.3) is 0 Å². The third-order valence-corrected chi connectivity index (χ3v) is 4.11. The number of unbranched alkanes of at least 4 members (excludes halogenated alkanes) is 1. The molecule has 0 bridgehead atoms. The van der Waals surface area contributed by atoms with Gasteiger partial charge in [-0.2, -0.15) is 0 Å². The minimum absolute atomic E-state index is 0.179. The summed E-state index contributed by atoms with van der Waals surface area (Å²) in [7, 11) is 0. The topological polar surface area (TPSA) is 57.6 Å². The van der Waals surface area contributed by atoms with Crippen molar-refractivity contribution < 1.29 is 14.7 Å². The molecular weight excluding hydrogens is 218 g/mol. The van der Waals surface area contributed by atoms with Crippen LogP contribution in [0.4, 0.5) is 0 Å². The van der Waals surface area contributed by atoms with Crippen LogP contribution >= 0.6 is 0 Å². The van der Waals surface area contributed by atoms with Gasteiger partial charge in [-0.15, -0.1) is 0 Å². The van der Waals surface area contributed by atoms with Crippen molar-refractivity contribution >= 4 is 11.9 Å². The van der Waals surface area contributed by atoms with E-state index in [4.69, 9.17) is 5.11 Å². The van der Waals surface area contributed by atoms with Crippen LogP contribution in [0.15, 0.2) is 0 Å². The van der Waals surface area contributed by atoms with E-state index in [0.29, 0.717) is 19.3 Å². The molecule has 1 saturated heterocycles. The van der Waals surface area contributed by atoms with Crippen LogP contribution in [-0.4, -0.2) is 35.0 Å². The van der Waals surface area contributed by atoms with Gasteiger partial charge in [0.25, 0.3) is 0 Å². The zero-order chi connectivity index (χ0) is 12.3. The number of carboxylic acids is 1. The normalized spacial score (nSPS) is 27.2. The summed E-state index contributed by atoms with van der Waals surface area (Å²) < 4.78 is 0. The maximum absolute atomic E-state index is 11.9. The van der Waals surface area contributed by atoms with Crippen LogP contribution in [-0.2, 0) is 9.59 Å².